The second kappa shape index (κ2) is 10.5. The number of carbonyl (C=O) groups is 1. The van der Waals surface area contributed by atoms with Crippen molar-refractivity contribution < 1.29 is 15.0 Å². The molecular weight excluding hydrogens is 412 g/mol. The Morgan fingerprint density at radius 2 is 1.61 bits per heavy atom. The van der Waals surface area contributed by atoms with Crippen LogP contribution < -0.4 is 11.1 Å². The van der Waals surface area contributed by atoms with E-state index in [1.165, 1.54) is 0 Å². The van der Waals surface area contributed by atoms with Crippen molar-refractivity contribution >= 4 is 11.6 Å². The first-order chi connectivity index (χ1) is 15.8. The number of phenolic OH excluding ortho intramolecular Hbond substituents is 2. The molecule has 1 amide bonds. The Balaban J connectivity index is 0.00000149. The maximum absolute atomic E-state index is 12.6. The van der Waals surface area contributed by atoms with Crippen LogP contribution in [-0.2, 0) is 12.8 Å². The minimum absolute atomic E-state index is 0.0190. The number of aryl methyl sites for hydroxylation is 3. The first-order valence-corrected chi connectivity index (χ1v) is 11.6. The third-order valence-corrected chi connectivity index (χ3v) is 6.22. The monoisotopic (exact) mass is 446 g/mol. The molecule has 0 aromatic heterocycles. The van der Waals surface area contributed by atoms with Gasteiger partial charge in [0.05, 0.1) is 0 Å². The van der Waals surface area contributed by atoms with E-state index in [1.54, 1.807) is 24.3 Å². The summed E-state index contributed by atoms with van der Waals surface area (Å²) < 4.78 is 0. The maximum atomic E-state index is 12.6. The zero-order chi connectivity index (χ0) is 24.1. The van der Waals surface area contributed by atoms with E-state index in [9.17, 15) is 15.0 Å². The normalized spacial score (nSPS) is 16.9. The van der Waals surface area contributed by atoms with E-state index in [4.69, 9.17) is 5.73 Å². The summed E-state index contributed by atoms with van der Waals surface area (Å²) in [7, 11) is 0. The van der Waals surface area contributed by atoms with E-state index in [0.29, 0.717) is 5.56 Å². The number of hydrogen-bond donors (Lipinski definition) is 4. The van der Waals surface area contributed by atoms with Gasteiger partial charge in [-0.3, -0.25) is 4.79 Å². The Kier molecular flexibility index (Phi) is 7.77. The van der Waals surface area contributed by atoms with Gasteiger partial charge in [0.1, 0.15) is 0 Å². The molecule has 5 N–H and O–H groups in total. The number of benzene rings is 3. The van der Waals surface area contributed by atoms with Crippen molar-refractivity contribution in [2.24, 2.45) is 5.73 Å². The van der Waals surface area contributed by atoms with Crippen LogP contribution >= 0.6 is 0 Å². The fourth-order valence-corrected chi connectivity index (χ4v) is 4.61. The highest BCUT2D eigenvalue weighted by molar-refractivity contribution is 6.05. The van der Waals surface area contributed by atoms with Crippen LogP contribution in [0.3, 0.4) is 0 Å². The van der Waals surface area contributed by atoms with E-state index < -0.39 is 0 Å². The van der Waals surface area contributed by atoms with Crippen LogP contribution in [-0.4, -0.2) is 22.2 Å². The van der Waals surface area contributed by atoms with Gasteiger partial charge in [-0.25, -0.2) is 0 Å². The van der Waals surface area contributed by atoms with E-state index in [2.05, 4.69) is 17.4 Å². The molecule has 0 radical (unpaired) electrons. The molecule has 5 heteroatoms. The van der Waals surface area contributed by atoms with E-state index in [0.717, 1.165) is 52.8 Å². The molecule has 1 aliphatic rings. The van der Waals surface area contributed by atoms with E-state index >= 15 is 0 Å². The first kappa shape index (κ1) is 24.3. The van der Waals surface area contributed by atoms with Gasteiger partial charge >= 0.3 is 0 Å². The zero-order valence-electron chi connectivity index (χ0n) is 19.9. The summed E-state index contributed by atoms with van der Waals surface area (Å²) in [5.74, 6) is -0.265. The number of hydrogen-bond acceptors (Lipinski definition) is 4. The molecule has 4 rings (SSSR count). The minimum Gasteiger partial charge on any atom is -0.504 e. The average Bonchev–Trinajstić information content (AvgIpc) is 2.81. The van der Waals surface area contributed by atoms with Gasteiger partial charge in [0.15, 0.2) is 11.5 Å². The summed E-state index contributed by atoms with van der Waals surface area (Å²) in [4.78, 5) is 12.6. The summed E-state index contributed by atoms with van der Waals surface area (Å²) >= 11 is 0. The zero-order valence-corrected chi connectivity index (χ0v) is 19.9. The van der Waals surface area contributed by atoms with Crippen LogP contribution in [0.25, 0.3) is 0 Å². The Morgan fingerprint density at radius 1 is 1.00 bits per heavy atom. The predicted molar refractivity (Wildman–Crippen MR) is 134 cm³/mol. The summed E-state index contributed by atoms with van der Waals surface area (Å²) in [5.41, 5.74) is 13.1. The number of aromatic hydroxyl groups is 2. The van der Waals surface area contributed by atoms with E-state index in [1.807, 2.05) is 45.9 Å². The van der Waals surface area contributed by atoms with Gasteiger partial charge in [-0.15, -0.1) is 0 Å². The van der Waals surface area contributed by atoms with Crippen LogP contribution in [0, 0.1) is 13.8 Å². The van der Waals surface area contributed by atoms with Gasteiger partial charge in [-0.05, 0) is 85.2 Å². The molecule has 33 heavy (non-hydrogen) atoms. The third kappa shape index (κ3) is 5.37. The lowest BCUT2D eigenvalue weighted by Gasteiger charge is -2.32. The van der Waals surface area contributed by atoms with Crippen LogP contribution in [0.1, 0.15) is 64.4 Å². The van der Waals surface area contributed by atoms with Crippen molar-refractivity contribution in [3.63, 3.8) is 0 Å². The molecule has 0 spiro atoms. The van der Waals surface area contributed by atoms with Gasteiger partial charge < -0.3 is 21.3 Å². The van der Waals surface area contributed by atoms with Crippen molar-refractivity contribution in [3.05, 3.63) is 88.0 Å². The lowest BCUT2D eigenvalue weighted by molar-refractivity contribution is 0.102. The number of nitrogens with one attached hydrogen (secondary N) is 1. The number of fused-ring (bicyclic) bond motifs is 1. The molecular formula is C28H34N2O3. The number of carbonyl (C=O) groups excluding carboxylic acids is 1. The fourth-order valence-electron chi connectivity index (χ4n) is 4.61. The van der Waals surface area contributed by atoms with Crippen molar-refractivity contribution in [2.75, 3.05) is 5.32 Å². The second-order valence-corrected chi connectivity index (χ2v) is 8.48. The standard InChI is InChI=1S/C26H28N2O3.C2H6/c1-15-10-17(11-16(2)25(15)28-26(31)18-6-4-3-5-7-18)12-21-20-14-24(30)23(29)13-19(20)8-9-22(21)27;1-2/h3-7,10-11,13-14,21-22,29-30H,8-9,12,27H2,1-2H3,(H,28,31);1-2H3. The second-order valence-electron chi connectivity index (χ2n) is 8.48. The molecule has 0 bridgehead atoms. The SMILES string of the molecule is CC.Cc1cc(CC2c3cc(O)c(O)cc3CCC2N)cc(C)c1NC(=O)c1ccccc1. The molecule has 1 aliphatic carbocycles. The summed E-state index contributed by atoms with van der Waals surface area (Å²) in [6.45, 7) is 7.99. The van der Waals surface area contributed by atoms with Gasteiger partial charge in [0.25, 0.3) is 5.91 Å². The third-order valence-electron chi connectivity index (χ3n) is 6.22. The Bertz CT molecular complexity index is 1100. The van der Waals surface area contributed by atoms with Crippen LogP contribution in [0.2, 0.25) is 0 Å². The Labute approximate surface area is 196 Å². The Morgan fingerprint density at radius 3 is 2.24 bits per heavy atom. The molecule has 5 nitrogen and oxygen atoms in total. The highest BCUT2D eigenvalue weighted by Crippen LogP contribution is 2.39. The highest BCUT2D eigenvalue weighted by Gasteiger charge is 2.29. The highest BCUT2D eigenvalue weighted by atomic mass is 16.3. The lowest BCUT2D eigenvalue weighted by Crippen LogP contribution is -2.34. The van der Waals surface area contributed by atoms with Gasteiger partial charge in [-0.1, -0.05) is 44.2 Å². The number of amides is 1. The molecule has 0 saturated heterocycles. The van der Waals surface area contributed by atoms with Crippen molar-refractivity contribution in [3.8, 4) is 11.5 Å². The number of phenols is 2. The maximum Gasteiger partial charge on any atom is 0.255 e. The first-order valence-electron chi connectivity index (χ1n) is 11.6. The predicted octanol–water partition coefficient (Wildman–Crippen LogP) is 5.59. The fraction of sp³-hybridized carbons (Fsp3) is 0.321. The molecule has 3 aromatic rings. The summed E-state index contributed by atoms with van der Waals surface area (Å²) in [6.07, 6.45) is 2.36. The minimum atomic E-state index is -0.127. The topological polar surface area (TPSA) is 95.6 Å². The van der Waals surface area contributed by atoms with Gasteiger partial charge in [0.2, 0.25) is 0 Å². The summed E-state index contributed by atoms with van der Waals surface area (Å²) in [5, 5.41) is 22.9. The molecule has 0 heterocycles. The smallest absolute Gasteiger partial charge is 0.255 e. The largest absolute Gasteiger partial charge is 0.504 e. The lowest BCUT2D eigenvalue weighted by atomic mass is 9.76. The van der Waals surface area contributed by atoms with Gasteiger partial charge in [-0.2, -0.15) is 0 Å². The van der Waals surface area contributed by atoms with Crippen molar-refractivity contribution in [1.82, 2.24) is 0 Å². The molecule has 0 fully saturated rings. The van der Waals surface area contributed by atoms with Crippen molar-refractivity contribution in [1.29, 1.82) is 0 Å². The van der Waals surface area contributed by atoms with Crippen molar-refractivity contribution in [2.45, 2.75) is 58.9 Å². The molecule has 0 saturated carbocycles. The molecule has 2 atom stereocenters. The average molecular weight is 447 g/mol. The van der Waals surface area contributed by atoms with Crippen LogP contribution in [0.4, 0.5) is 5.69 Å². The number of anilines is 1. The van der Waals surface area contributed by atoms with Crippen LogP contribution in [0.5, 0.6) is 11.5 Å². The quantitative estimate of drug-likeness (QED) is 0.393. The summed E-state index contributed by atoms with van der Waals surface area (Å²) in [6, 6.07) is 16.6. The van der Waals surface area contributed by atoms with Crippen LogP contribution in [0.15, 0.2) is 54.6 Å². The molecule has 174 valence electrons. The molecule has 0 aliphatic heterocycles. The number of nitrogens with two attached hydrogens (primary N) is 1. The number of rotatable bonds is 4. The molecule has 3 aromatic carbocycles. The molecule has 2 unspecified atom stereocenters. The van der Waals surface area contributed by atoms with Gasteiger partial charge in [0, 0.05) is 23.2 Å². The Hall–Kier alpha value is -3.31. The van der Waals surface area contributed by atoms with E-state index in [-0.39, 0.29) is 29.4 Å².